The molecule has 2 rings (SSSR count). The second-order valence-electron chi connectivity index (χ2n) is 4.28. The highest BCUT2D eigenvalue weighted by Gasteiger charge is 2.21. The molecule has 1 aliphatic rings. The van der Waals surface area contributed by atoms with E-state index < -0.39 is 0 Å². The van der Waals surface area contributed by atoms with E-state index in [2.05, 4.69) is 30.3 Å². The number of thiophene rings is 1. The summed E-state index contributed by atoms with van der Waals surface area (Å²) in [4.78, 5) is 3.70. The van der Waals surface area contributed by atoms with E-state index in [1.807, 2.05) is 6.07 Å². The van der Waals surface area contributed by atoms with Gasteiger partial charge in [0, 0.05) is 23.5 Å². The lowest BCUT2D eigenvalue weighted by Gasteiger charge is -2.18. The summed E-state index contributed by atoms with van der Waals surface area (Å²) in [6, 6.07) is 5.13. The molecule has 0 amide bonds. The van der Waals surface area contributed by atoms with Gasteiger partial charge in [0.05, 0.1) is 4.34 Å². The van der Waals surface area contributed by atoms with Gasteiger partial charge in [-0.2, -0.15) is 0 Å². The maximum absolute atomic E-state index is 5.93. The maximum Gasteiger partial charge on any atom is 0.0931 e. The zero-order valence-electron chi connectivity index (χ0n) is 9.16. The fraction of sp³-hybridized carbons (Fsp3) is 0.636. The molecule has 2 heterocycles. The highest BCUT2D eigenvalue weighted by atomic mass is 35.5. The molecule has 2 nitrogen and oxygen atoms in total. The van der Waals surface area contributed by atoms with Crippen LogP contribution in [0.25, 0.3) is 0 Å². The van der Waals surface area contributed by atoms with Gasteiger partial charge in [0.2, 0.25) is 0 Å². The molecule has 1 N–H and O–H groups in total. The molecule has 0 unspecified atom stereocenters. The van der Waals surface area contributed by atoms with E-state index in [1.54, 1.807) is 11.3 Å². The molecule has 1 fully saturated rings. The van der Waals surface area contributed by atoms with Crippen molar-refractivity contribution in [2.75, 3.05) is 20.1 Å². The number of nitrogens with zero attached hydrogens (tertiary/aromatic N) is 1. The predicted molar refractivity (Wildman–Crippen MR) is 66.8 cm³/mol. The molecular formula is C11H17ClN2S. The van der Waals surface area contributed by atoms with Gasteiger partial charge in [-0.25, -0.2) is 0 Å². The Morgan fingerprint density at radius 1 is 1.60 bits per heavy atom. The van der Waals surface area contributed by atoms with Crippen molar-refractivity contribution in [2.45, 2.75) is 25.4 Å². The standard InChI is InChI=1S/C11H17ClN2S/c1-8(10-3-4-11(12)15-10)13-9-5-6-14(2)7-9/h3-4,8-9,13H,5-7H2,1-2H3/t8-,9-/m0/s1. The molecular weight excluding hydrogens is 228 g/mol. The van der Waals surface area contributed by atoms with Crippen molar-refractivity contribution in [1.29, 1.82) is 0 Å². The minimum atomic E-state index is 0.416. The van der Waals surface area contributed by atoms with Crippen LogP contribution in [0.3, 0.4) is 0 Å². The summed E-state index contributed by atoms with van der Waals surface area (Å²) in [5, 5.41) is 3.65. The Labute approximate surface area is 100 Å². The third kappa shape index (κ3) is 2.94. The average molecular weight is 245 g/mol. The van der Waals surface area contributed by atoms with Crippen molar-refractivity contribution in [3.63, 3.8) is 0 Å². The molecule has 1 saturated heterocycles. The molecule has 4 heteroatoms. The molecule has 0 bridgehead atoms. The van der Waals surface area contributed by atoms with Gasteiger partial charge < -0.3 is 10.2 Å². The number of nitrogens with one attached hydrogen (secondary N) is 1. The second-order valence-corrected chi connectivity index (χ2v) is 6.02. The lowest BCUT2D eigenvalue weighted by atomic mass is 10.2. The van der Waals surface area contributed by atoms with Gasteiger partial charge in [0.15, 0.2) is 0 Å². The van der Waals surface area contributed by atoms with Crippen LogP contribution in [0.2, 0.25) is 4.34 Å². The molecule has 84 valence electrons. The van der Waals surface area contributed by atoms with Gasteiger partial charge in [-0.3, -0.25) is 0 Å². The summed E-state index contributed by atoms with van der Waals surface area (Å²) in [7, 11) is 2.17. The molecule has 1 aliphatic heterocycles. The van der Waals surface area contributed by atoms with Crippen molar-refractivity contribution in [3.05, 3.63) is 21.3 Å². The van der Waals surface area contributed by atoms with Crippen LogP contribution in [0.15, 0.2) is 12.1 Å². The highest BCUT2D eigenvalue weighted by Crippen LogP contribution is 2.27. The Balaban J connectivity index is 1.89. The van der Waals surface area contributed by atoms with Gasteiger partial charge >= 0.3 is 0 Å². The van der Waals surface area contributed by atoms with Gasteiger partial charge in [-0.05, 0) is 39.1 Å². The lowest BCUT2D eigenvalue weighted by molar-refractivity contribution is 0.388. The van der Waals surface area contributed by atoms with Crippen LogP contribution in [0.1, 0.15) is 24.3 Å². The van der Waals surface area contributed by atoms with Crippen LogP contribution < -0.4 is 5.32 Å². The first-order valence-electron chi connectivity index (χ1n) is 5.35. The van der Waals surface area contributed by atoms with E-state index in [-0.39, 0.29) is 0 Å². The van der Waals surface area contributed by atoms with Gasteiger partial charge in [0.1, 0.15) is 0 Å². The van der Waals surface area contributed by atoms with E-state index >= 15 is 0 Å². The molecule has 15 heavy (non-hydrogen) atoms. The quantitative estimate of drug-likeness (QED) is 0.880. The normalized spacial score (nSPS) is 24.6. The van der Waals surface area contributed by atoms with E-state index in [4.69, 9.17) is 11.6 Å². The van der Waals surface area contributed by atoms with Crippen molar-refractivity contribution < 1.29 is 0 Å². The number of rotatable bonds is 3. The molecule has 0 aromatic carbocycles. The van der Waals surface area contributed by atoms with Gasteiger partial charge in [-0.1, -0.05) is 11.6 Å². The summed E-state index contributed by atoms with van der Waals surface area (Å²) in [6.45, 7) is 4.57. The van der Waals surface area contributed by atoms with E-state index in [1.165, 1.54) is 17.8 Å². The first-order valence-corrected chi connectivity index (χ1v) is 6.54. The van der Waals surface area contributed by atoms with Crippen LogP contribution in [-0.4, -0.2) is 31.1 Å². The van der Waals surface area contributed by atoms with Crippen LogP contribution in [-0.2, 0) is 0 Å². The topological polar surface area (TPSA) is 15.3 Å². The monoisotopic (exact) mass is 244 g/mol. The van der Waals surface area contributed by atoms with E-state index in [0.29, 0.717) is 12.1 Å². The molecule has 1 aromatic rings. The third-order valence-electron chi connectivity index (χ3n) is 2.90. The predicted octanol–water partition coefficient (Wildman–Crippen LogP) is 2.76. The SMILES string of the molecule is C[C@H](N[C@H]1CCN(C)C1)c1ccc(Cl)s1. The fourth-order valence-electron chi connectivity index (χ4n) is 2.07. The Hall–Kier alpha value is -0.0900. The Kier molecular flexibility index (Phi) is 3.67. The lowest BCUT2D eigenvalue weighted by Crippen LogP contribution is -2.33. The third-order valence-corrected chi connectivity index (χ3v) is 4.31. The van der Waals surface area contributed by atoms with E-state index in [9.17, 15) is 0 Å². The largest absolute Gasteiger partial charge is 0.305 e. The Bertz CT molecular complexity index is 326. The Morgan fingerprint density at radius 2 is 2.40 bits per heavy atom. The molecule has 1 aromatic heterocycles. The van der Waals surface area contributed by atoms with Crippen LogP contribution in [0.5, 0.6) is 0 Å². The first kappa shape index (κ1) is 11.4. The first-order chi connectivity index (χ1) is 7.15. The molecule has 0 spiro atoms. The van der Waals surface area contributed by atoms with Gasteiger partial charge in [0.25, 0.3) is 0 Å². The number of halogens is 1. The van der Waals surface area contributed by atoms with E-state index in [0.717, 1.165) is 10.9 Å². The number of hydrogen-bond acceptors (Lipinski definition) is 3. The summed E-state index contributed by atoms with van der Waals surface area (Å²) in [5.41, 5.74) is 0. The zero-order valence-corrected chi connectivity index (χ0v) is 10.7. The van der Waals surface area contributed by atoms with Crippen molar-refractivity contribution in [2.24, 2.45) is 0 Å². The summed E-state index contributed by atoms with van der Waals surface area (Å²) >= 11 is 7.60. The smallest absolute Gasteiger partial charge is 0.0931 e. The fourth-order valence-corrected chi connectivity index (χ4v) is 3.14. The van der Waals surface area contributed by atoms with Crippen LogP contribution in [0, 0.1) is 0 Å². The maximum atomic E-state index is 5.93. The molecule has 2 atom stereocenters. The number of likely N-dealkylation sites (tertiary alicyclic amines) is 1. The summed E-state index contributed by atoms with van der Waals surface area (Å²) < 4.78 is 0.877. The van der Waals surface area contributed by atoms with Crippen molar-refractivity contribution in [1.82, 2.24) is 10.2 Å². The molecule has 0 aliphatic carbocycles. The van der Waals surface area contributed by atoms with Gasteiger partial charge in [-0.15, -0.1) is 11.3 Å². The number of hydrogen-bond donors (Lipinski definition) is 1. The highest BCUT2D eigenvalue weighted by molar-refractivity contribution is 7.16. The van der Waals surface area contributed by atoms with Crippen LogP contribution >= 0.6 is 22.9 Å². The minimum absolute atomic E-state index is 0.416. The number of likely N-dealkylation sites (N-methyl/N-ethyl adjacent to an activating group) is 1. The minimum Gasteiger partial charge on any atom is -0.305 e. The summed E-state index contributed by atoms with van der Waals surface area (Å²) in [6.07, 6.45) is 1.25. The summed E-state index contributed by atoms with van der Waals surface area (Å²) in [5.74, 6) is 0. The van der Waals surface area contributed by atoms with Crippen molar-refractivity contribution >= 4 is 22.9 Å². The zero-order chi connectivity index (χ0) is 10.8. The Morgan fingerprint density at radius 3 is 2.93 bits per heavy atom. The van der Waals surface area contributed by atoms with Crippen molar-refractivity contribution in [3.8, 4) is 0 Å². The van der Waals surface area contributed by atoms with Crippen LogP contribution in [0.4, 0.5) is 0 Å². The second kappa shape index (κ2) is 4.83. The molecule has 0 radical (unpaired) electrons. The average Bonchev–Trinajstić information content (AvgIpc) is 2.75. The molecule has 0 saturated carbocycles.